The van der Waals surface area contributed by atoms with Crippen LogP contribution in [0.25, 0.3) is 0 Å². The Morgan fingerprint density at radius 2 is 1.89 bits per heavy atom. The summed E-state index contributed by atoms with van der Waals surface area (Å²) >= 11 is 7.28. The monoisotopic (exact) mass is 417 g/mol. The predicted octanol–water partition coefficient (Wildman–Crippen LogP) is 4.60. The van der Waals surface area contributed by atoms with Gasteiger partial charge in [-0.25, -0.2) is 0 Å². The van der Waals surface area contributed by atoms with Gasteiger partial charge in [0.05, 0.1) is 5.75 Å². The van der Waals surface area contributed by atoms with E-state index in [4.69, 9.17) is 16.0 Å². The Kier molecular flexibility index (Phi) is 4.87. The van der Waals surface area contributed by atoms with Gasteiger partial charge in [-0.15, -0.1) is 10.2 Å². The molecule has 148 valence electrons. The number of benzene rings is 1. The first-order chi connectivity index (χ1) is 13.6. The molecule has 0 atom stereocenters. The number of halogens is 1. The summed E-state index contributed by atoms with van der Waals surface area (Å²) in [6, 6.07) is 7.49. The lowest BCUT2D eigenvalue weighted by Gasteiger charge is -2.55. The molecule has 4 fully saturated rings. The lowest BCUT2D eigenvalue weighted by Crippen LogP contribution is -2.48. The first-order valence-electron chi connectivity index (χ1n) is 10.1. The van der Waals surface area contributed by atoms with Gasteiger partial charge in [0.25, 0.3) is 5.22 Å². The third-order valence-corrected chi connectivity index (χ3v) is 7.66. The van der Waals surface area contributed by atoms with E-state index in [-0.39, 0.29) is 17.1 Å². The number of nitrogens with zero attached hydrogens (tertiary/aromatic N) is 2. The molecule has 0 radical (unpaired) electrons. The minimum atomic E-state index is -0.0560. The molecule has 4 saturated carbocycles. The van der Waals surface area contributed by atoms with Gasteiger partial charge >= 0.3 is 0 Å². The quantitative estimate of drug-likeness (QED) is 0.695. The second kappa shape index (κ2) is 7.38. The molecule has 0 aliphatic heterocycles. The van der Waals surface area contributed by atoms with Crippen molar-refractivity contribution in [1.82, 2.24) is 15.5 Å². The topological polar surface area (TPSA) is 68.0 Å². The largest absolute Gasteiger partial charge is 0.415 e. The van der Waals surface area contributed by atoms with Gasteiger partial charge < -0.3 is 9.73 Å². The number of thioether (sulfide) groups is 1. The highest BCUT2D eigenvalue weighted by atomic mass is 35.5. The zero-order chi connectivity index (χ0) is 19.1. The van der Waals surface area contributed by atoms with E-state index in [1.54, 1.807) is 0 Å². The molecule has 0 unspecified atom stereocenters. The third kappa shape index (κ3) is 3.69. The van der Waals surface area contributed by atoms with Crippen LogP contribution < -0.4 is 5.32 Å². The summed E-state index contributed by atoms with van der Waals surface area (Å²) in [5.74, 6) is 3.54. The number of aromatic nitrogens is 2. The molecule has 5 nitrogen and oxygen atoms in total. The molecule has 2 aromatic rings. The number of rotatable bonds is 6. The fraction of sp³-hybridized carbons (Fsp3) is 0.571. The van der Waals surface area contributed by atoms with Crippen molar-refractivity contribution in [3.05, 3.63) is 40.7 Å². The number of carbonyl (C=O) groups excluding carboxylic acids is 1. The molecule has 0 saturated heterocycles. The molecule has 1 aromatic carbocycles. The average molecular weight is 418 g/mol. The lowest BCUT2D eigenvalue weighted by molar-refractivity contribution is -0.118. The molecule has 28 heavy (non-hydrogen) atoms. The number of carbonyl (C=O) groups is 1. The van der Waals surface area contributed by atoms with Crippen LogP contribution in [0, 0.1) is 17.8 Å². The van der Waals surface area contributed by atoms with Gasteiger partial charge in [0.1, 0.15) is 0 Å². The van der Waals surface area contributed by atoms with Crippen LogP contribution in [0.4, 0.5) is 0 Å². The average Bonchev–Trinajstić information content (AvgIpc) is 3.14. The van der Waals surface area contributed by atoms with Crippen molar-refractivity contribution in [2.75, 3.05) is 5.75 Å². The maximum atomic E-state index is 12.1. The Labute approximate surface area is 174 Å². The third-order valence-electron chi connectivity index (χ3n) is 6.60. The Hall–Kier alpha value is -1.53. The van der Waals surface area contributed by atoms with Gasteiger partial charge in [0, 0.05) is 17.0 Å². The normalized spacial score (nSPS) is 30.5. The van der Waals surface area contributed by atoms with Gasteiger partial charge in [-0.2, -0.15) is 0 Å². The van der Waals surface area contributed by atoms with Gasteiger partial charge in [0.2, 0.25) is 11.8 Å². The van der Waals surface area contributed by atoms with Crippen molar-refractivity contribution in [3.63, 3.8) is 0 Å². The molecule has 6 rings (SSSR count). The van der Waals surface area contributed by atoms with E-state index < -0.39 is 0 Å². The van der Waals surface area contributed by atoms with Crippen molar-refractivity contribution >= 4 is 29.3 Å². The van der Waals surface area contributed by atoms with Crippen molar-refractivity contribution in [3.8, 4) is 0 Å². The molecule has 1 N–H and O–H groups in total. The minimum Gasteiger partial charge on any atom is -0.415 e. The zero-order valence-electron chi connectivity index (χ0n) is 15.7. The highest BCUT2D eigenvalue weighted by Crippen LogP contribution is 2.60. The van der Waals surface area contributed by atoms with Crippen LogP contribution in [0.3, 0.4) is 0 Å². The summed E-state index contributed by atoms with van der Waals surface area (Å²) in [4.78, 5) is 12.1. The van der Waals surface area contributed by atoms with Crippen LogP contribution in [0.2, 0.25) is 5.02 Å². The van der Waals surface area contributed by atoms with Crippen LogP contribution in [0.15, 0.2) is 33.9 Å². The molecule has 4 aliphatic carbocycles. The van der Waals surface area contributed by atoms with Crippen molar-refractivity contribution < 1.29 is 9.21 Å². The first-order valence-corrected chi connectivity index (χ1v) is 11.4. The highest BCUT2D eigenvalue weighted by molar-refractivity contribution is 7.99. The number of nitrogens with one attached hydrogen (secondary N) is 1. The van der Waals surface area contributed by atoms with Gasteiger partial charge in [-0.3, -0.25) is 4.79 Å². The molecule has 1 amide bonds. The molecular formula is C21H24ClN3O2S. The first kappa shape index (κ1) is 18.5. The van der Waals surface area contributed by atoms with E-state index in [2.05, 4.69) is 15.5 Å². The predicted molar refractivity (Wildman–Crippen MR) is 108 cm³/mol. The van der Waals surface area contributed by atoms with Crippen LogP contribution in [-0.4, -0.2) is 21.9 Å². The lowest BCUT2D eigenvalue weighted by atomic mass is 9.49. The van der Waals surface area contributed by atoms with Crippen molar-refractivity contribution in [2.24, 2.45) is 17.8 Å². The van der Waals surface area contributed by atoms with Crippen LogP contribution in [0.5, 0.6) is 0 Å². The van der Waals surface area contributed by atoms with Gasteiger partial charge in [0.15, 0.2) is 0 Å². The summed E-state index contributed by atoms with van der Waals surface area (Å²) in [5, 5.41) is 12.7. The fourth-order valence-corrected chi connectivity index (χ4v) is 6.69. The summed E-state index contributed by atoms with van der Waals surface area (Å²) in [7, 11) is 0. The van der Waals surface area contributed by atoms with E-state index in [1.807, 2.05) is 24.3 Å². The number of amides is 1. The van der Waals surface area contributed by atoms with Crippen molar-refractivity contribution in [1.29, 1.82) is 0 Å². The van der Waals surface area contributed by atoms with E-state index >= 15 is 0 Å². The number of hydrogen-bond acceptors (Lipinski definition) is 5. The maximum Gasteiger partial charge on any atom is 0.277 e. The smallest absolute Gasteiger partial charge is 0.277 e. The summed E-state index contributed by atoms with van der Waals surface area (Å²) in [6.45, 7) is 0.461. The summed E-state index contributed by atoms with van der Waals surface area (Å²) in [6.07, 6.45) is 7.77. The molecular weight excluding hydrogens is 394 g/mol. The minimum absolute atomic E-state index is 0.0560. The van der Waals surface area contributed by atoms with Gasteiger partial charge in [-0.1, -0.05) is 35.5 Å². The molecule has 4 aliphatic rings. The van der Waals surface area contributed by atoms with Crippen molar-refractivity contribution in [2.45, 2.75) is 55.7 Å². The maximum absolute atomic E-state index is 12.1. The molecule has 0 spiro atoms. The second-order valence-electron chi connectivity index (χ2n) is 8.77. The number of hydrogen-bond donors (Lipinski definition) is 1. The van der Waals surface area contributed by atoms with Crippen LogP contribution in [-0.2, 0) is 16.8 Å². The summed E-state index contributed by atoms with van der Waals surface area (Å²) < 4.78 is 6.04. The fourth-order valence-electron chi connectivity index (χ4n) is 5.88. The van der Waals surface area contributed by atoms with Gasteiger partial charge in [-0.05, 0) is 74.0 Å². The summed E-state index contributed by atoms with van der Waals surface area (Å²) in [5.41, 5.74) is 1.09. The van der Waals surface area contributed by atoms with E-state index in [0.717, 1.165) is 29.2 Å². The molecule has 4 bridgehead atoms. The molecule has 7 heteroatoms. The second-order valence-corrected chi connectivity index (χ2v) is 10.1. The van der Waals surface area contributed by atoms with Crippen LogP contribution >= 0.6 is 23.4 Å². The van der Waals surface area contributed by atoms with Crippen LogP contribution in [0.1, 0.15) is 50.0 Å². The Morgan fingerprint density at radius 1 is 1.18 bits per heavy atom. The molecule has 1 aromatic heterocycles. The van der Waals surface area contributed by atoms with E-state index in [1.165, 1.54) is 50.3 Å². The van der Waals surface area contributed by atoms with E-state index in [9.17, 15) is 4.79 Å². The standard InChI is InChI=1S/C21H24ClN3O2S/c22-17-3-1-2-13(7-17)11-23-18(26)12-28-20-25-24-19(27-20)21-8-14-4-15(9-21)6-16(5-14)10-21/h1-3,7,14-16H,4-6,8-12H2,(H,23,26). The zero-order valence-corrected chi connectivity index (χ0v) is 17.3. The Balaban J connectivity index is 1.17. The Morgan fingerprint density at radius 3 is 2.57 bits per heavy atom. The van der Waals surface area contributed by atoms with E-state index in [0.29, 0.717) is 16.8 Å². The SMILES string of the molecule is O=C(CSc1nnc(C23CC4CC(CC(C4)C2)C3)o1)NCc1cccc(Cl)c1. The molecule has 1 heterocycles. The highest BCUT2D eigenvalue weighted by Gasteiger charge is 2.54. The Bertz CT molecular complexity index is 849.